The summed E-state index contributed by atoms with van der Waals surface area (Å²) < 4.78 is 0. The monoisotopic (exact) mass is 172 g/mol. The first-order chi connectivity index (χ1) is 5.16. The number of hydroxylamine groups is 1. The first-order valence-electron chi connectivity index (χ1n) is 3.73. The number of nitrogens with one attached hydrogen (secondary N) is 1. The third kappa shape index (κ3) is 2.42. The van der Waals surface area contributed by atoms with Crippen LogP contribution in [0.3, 0.4) is 0 Å². The van der Waals surface area contributed by atoms with E-state index in [2.05, 4.69) is 25.4 Å². The van der Waals surface area contributed by atoms with Gasteiger partial charge in [0.2, 0.25) is 0 Å². The van der Waals surface area contributed by atoms with E-state index in [1.165, 1.54) is 0 Å². The van der Waals surface area contributed by atoms with Crippen molar-refractivity contribution in [3.8, 4) is 0 Å². The summed E-state index contributed by atoms with van der Waals surface area (Å²) >= 11 is 1.77. The predicted octanol–water partition coefficient (Wildman–Crippen LogP) is 2.10. The molecule has 0 fully saturated rings. The topological polar surface area (TPSA) is 21.3 Å². The molecule has 1 radical (unpaired) electrons. The zero-order valence-electron chi connectivity index (χ0n) is 7.02. The molecule has 0 bridgehead atoms. The van der Waals surface area contributed by atoms with Crippen LogP contribution in [0.15, 0.2) is 11.8 Å². The normalized spacial score (nSPS) is 29.9. The van der Waals surface area contributed by atoms with E-state index in [0.717, 1.165) is 17.9 Å². The van der Waals surface area contributed by atoms with Gasteiger partial charge in [0, 0.05) is 5.70 Å². The van der Waals surface area contributed by atoms with Crippen LogP contribution >= 0.6 is 11.8 Å². The lowest BCUT2D eigenvalue weighted by molar-refractivity contribution is 0.0313. The molecule has 0 aromatic heterocycles. The van der Waals surface area contributed by atoms with Crippen molar-refractivity contribution in [2.24, 2.45) is 0 Å². The first kappa shape index (κ1) is 8.94. The second-order valence-corrected chi connectivity index (χ2v) is 4.26. The van der Waals surface area contributed by atoms with Gasteiger partial charge in [0.15, 0.2) is 4.93 Å². The molecule has 3 heteroatoms. The highest BCUT2D eigenvalue weighted by atomic mass is 32.2. The van der Waals surface area contributed by atoms with E-state index in [-0.39, 0.29) is 4.93 Å². The van der Waals surface area contributed by atoms with Gasteiger partial charge in [-0.2, -0.15) is 0 Å². The molecule has 0 aliphatic carbocycles. The maximum Gasteiger partial charge on any atom is 0.159 e. The largest absolute Gasteiger partial charge is 0.270 e. The van der Waals surface area contributed by atoms with Crippen molar-refractivity contribution in [2.75, 3.05) is 5.75 Å². The Hall–Kier alpha value is -0.150. The fourth-order valence-corrected chi connectivity index (χ4v) is 1.89. The van der Waals surface area contributed by atoms with Gasteiger partial charge in [0.05, 0.1) is 0 Å². The average molecular weight is 172 g/mol. The Morgan fingerprint density at radius 2 is 2.55 bits per heavy atom. The summed E-state index contributed by atoms with van der Waals surface area (Å²) in [5, 5.41) is 0. The Kier molecular flexibility index (Phi) is 2.84. The zero-order valence-corrected chi connectivity index (χ0v) is 7.83. The van der Waals surface area contributed by atoms with Crippen LogP contribution in [0.25, 0.3) is 0 Å². The van der Waals surface area contributed by atoms with E-state index in [0.29, 0.717) is 0 Å². The lowest BCUT2D eigenvalue weighted by Crippen LogP contribution is -2.21. The van der Waals surface area contributed by atoms with Crippen LogP contribution in [-0.2, 0) is 4.84 Å². The number of allylic oxidation sites excluding steroid dienone is 1. The fraction of sp³-hybridized carbons (Fsp3) is 0.625. The number of hydrogen-bond donors (Lipinski definition) is 1. The molecule has 0 saturated heterocycles. The molecule has 1 N–H and O–H groups in total. The molecular weight excluding hydrogens is 158 g/mol. The molecule has 0 aromatic rings. The van der Waals surface area contributed by atoms with Crippen LogP contribution in [0.2, 0.25) is 0 Å². The third-order valence-electron chi connectivity index (χ3n) is 1.43. The molecule has 1 heterocycles. The number of rotatable bonds is 3. The summed E-state index contributed by atoms with van der Waals surface area (Å²) in [5.41, 5.74) is 3.93. The van der Waals surface area contributed by atoms with Crippen molar-refractivity contribution in [1.82, 2.24) is 5.48 Å². The third-order valence-corrected chi connectivity index (χ3v) is 2.69. The quantitative estimate of drug-likeness (QED) is 0.704. The smallest absolute Gasteiger partial charge is 0.159 e. The van der Waals surface area contributed by atoms with Gasteiger partial charge in [-0.1, -0.05) is 6.92 Å². The van der Waals surface area contributed by atoms with Gasteiger partial charge in [0.1, 0.15) is 0 Å². The highest BCUT2D eigenvalue weighted by Crippen LogP contribution is 2.31. The van der Waals surface area contributed by atoms with Gasteiger partial charge < -0.3 is 0 Å². The average Bonchev–Trinajstić information content (AvgIpc) is 2.28. The molecule has 1 atom stereocenters. The summed E-state index contributed by atoms with van der Waals surface area (Å²) in [5.74, 6) is 1.03. The molecule has 0 aromatic carbocycles. The van der Waals surface area contributed by atoms with Crippen LogP contribution in [0.5, 0.6) is 0 Å². The fourth-order valence-electron chi connectivity index (χ4n) is 0.980. The molecule has 0 saturated carbocycles. The van der Waals surface area contributed by atoms with E-state index < -0.39 is 0 Å². The van der Waals surface area contributed by atoms with Gasteiger partial charge in [-0.05, 0) is 32.1 Å². The van der Waals surface area contributed by atoms with E-state index >= 15 is 0 Å². The summed E-state index contributed by atoms with van der Waals surface area (Å²) in [6, 6.07) is 0. The highest BCUT2D eigenvalue weighted by molar-refractivity contribution is 8.00. The lowest BCUT2D eigenvalue weighted by atomic mass is 10.3. The molecule has 0 spiro atoms. The Morgan fingerprint density at radius 3 is 3.00 bits per heavy atom. The van der Waals surface area contributed by atoms with E-state index in [1.54, 1.807) is 11.8 Å². The van der Waals surface area contributed by atoms with Crippen LogP contribution < -0.4 is 5.48 Å². The second kappa shape index (κ2) is 3.50. The SMILES string of the molecule is [CH2]CCSC1(C)C=C(C)NO1. The molecule has 1 unspecified atom stereocenters. The Bertz CT molecular complexity index is 169. The van der Waals surface area contributed by atoms with Crippen LogP contribution in [-0.4, -0.2) is 10.7 Å². The lowest BCUT2D eigenvalue weighted by Gasteiger charge is -2.18. The zero-order chi connectivity index (χ0) is 8.32. The molecule has 63 valence electrons. The van der Waals surface area contributed by atoms with Gasteiger partial charge in [-0.3, -0.25) is 10.3 Å². The van der Waals surface area contributed by atoms with Crippen LogP contribution in [0.1, 0.15) is 20.3 Å². The number of hydrogen-bond acceptors (Lipinski definition) is 3. The molecular formula is C8H14NOS. The van der Waals surface area contributed by atoms with Crippen LogP contribution in [0.4, 0.5) is 0 Å². The van der Waals surface area contributed by atoms with Gasteiger partial charge in [-0.25, -0.2) is 0 Å². The molecule has 11 heavy (non-hydrogen) atoms. The Morgan fingerprint density at radius 1 is 1.82 bits per heavy atom. The van der Waals surface area contributed by atoms with E-state index in [9.17, 15) is 0 Å². The minimum absolute atomic E-state index is 0.179. The minimum Gasteiger partial charge on any atom is -0.270 e. The maximum atomic E-state index is 5.35. The Balaban J connectivity index is 2.42. The second-order valence-electron chi connectivity index (χ2n) is 2.75. The summed E-state index contributed by atoms with van der Waals surface area (Å²) in [7, 11) is 0. The first-order valence-corrected chi connectivity index (χ1v) is 4.71. The van der Waals surface area contributed by atoms with Crippen molar-refractivity contribution < 1.29 is 4.84 Å². The van der Waals surface area contributed by atoms with Crippen molar-refractivity contribution in [1.29, 1.82) is 0 Å². The van der Waals surface area contributed by atoms with Crippen molar-refractivity contribution in [3.63, 3.8) is 0 Å². The standard InChI is InChI=1S/C8H14NOS/c1-4-5-11-8(3)6-7(2)9-10-8/h6,9H,1,4-5H2,2-3H3. The Labute approximate surface area is 72.3 Å². The van der Waals surface area contributed by atoms with Crippen molar-refractivity contribution in [3.05, 3.63) is 18.7 Å². The predicted molar refractivity (Wildman–Crippen MR) is 48.8 cm³/mol. The molecule has 1 aliphatic rings. The van der Waals surface area contributed by atoms with Crippen molar-refractivity contribution >= 4 is 11.8 Å². The van der Waals surface area contributed by atoms with Gasteiger partial charge in [0.25, 0.3) is 0 Å². The molecule has 2 nitrogen and oxygen atoms in total. The summed E-state index contributed by atoms with van der Waals surface area (Å²) in [6.45, 7) is 7.83. The van der Waals surface area contributed by atoms with Crippen molar-refractivity contribution in [2.45, 2.75) is 25.2 Å². The van der Waals surface area contributed by atoms with Gasteiger partial charge >= 0.3 is 0 Å². The summed E-state index contributed by atoms with van der Waals surface area (Å²) in [4.78, 5) is 5.17. The summed E-state index contributed by atoms with van der Waals surface area (Å²) in [6.07, 6.45) is 3.03. The minimum atomic E-state index is -0.179. The van der Waals surface area contributed by atoms with Gasteiger partial charge in [-0.15, -0.1) is 11.8 Å². The maximum absolute atomic E-state index is 5.35. The molecule has 1 aliphatic heterocycles. The highest BCUT2D eigenvalue weighted by Gasteiger charge is 2.28. The number of thioether (sulfide) groups is 1. The van der Waals surface area contributed by atoms with Crippen LogP contribution in [0, 0.1) is 6.92 Å². The van der Waals surface area contributed by atoms with E-state index in [1.807, 2.05) is 6.92 Å². The van der Waals surface area contributed by atoms with E-state index in [4.69, 9.17) is 4.84 Å². The molecule has 1 rings (SSSR count). The molecule has 0 amide bonds.